The van der Waals surface area contributed by atoms with Gasteiger partial charge < -0.3 is 14.9 Å². The molecule has 1 aromatic rings. The Balaban J connectivity index is 2.11. The molecule has 0 spiro atoms. The molecule has 0 bridgehead atoms. The molecule has 1 fully saturated rings. The molecule has 1 unspecified atom stereocenters. The van der Waals surface area contributed by atoms with Crippen molar-refractivity contribution in [3.05, 3.63) is 47.5 Å². The lowest BCUT2D eigenvalue weighted by atomic mass is 9.89. The van der Waals surface area contributed by atoms with Crippen LogP contribution in [-0.4, -0.2) is 38.9 Å². The first-order valence-corrected chi connectivity index (χ1v) is 6.67. The summed E-state index contributed by atoms with van der Waals surface area (Å²) in [7, 11) is 0. The third kappa shape index (κ3) is 2.11. The van der Waals surface area contributed by atoms with Gasteiger partial charge in [0.25, 0.3) is 0 Å². The van der Waals surface area contributed by atoms with Crippen LogP contribution in [0.15, 0.2) is 41.9 Å². The number of nitrogens with zero attached hydrogens (tertiary/aromatic N) is 2. The first-order chi connectivity index (χ1) is 11.2. The van der Waals surface area contributed by atoms with Gasteiger partial charge in [-0.25, -0.2) is 4.39 Å². The number of carbonyl (C=O) groups is 1. The van der Waals surface area contributed by atoms with Crippen molar-refractivity contribution in [3.63, 3.8) is 0 Å². The standard InChI is InChI=1S/C15H9F3N2O4/c16-14(17)13(22)11-9(21)1-2-10(12(11)15(14,18)23)24-8-3-7(4-19)5-20-6-8/h1-3,5-6,11,13,22-23H/t11?,13-,15-/m0/s1. The predicted molar refractivity (Wildman–Crippen MR) is 71.3 cm³/mol. The minimum atomic E-state index is -4.59. The second kappa shape index (κ2) is 5.15. The van der Waals surface area contributed by atoms with E-state index in [0.717, 1.165) is 18.3 Å². The van der Waals surface area contributed by atoms with E-state index in [-0.39, 0.29) is 11.3 Å². The number of hydrogen-bond acceptors (Lipinski definition) is 6. The van der Waals surface area contributed by atoms with E-state index in [1.807, 2.05) is 0 Å². The van der Waals surface area contributed by atoms with E-state index in [2.05, 4.69) is 4.98 Å². The normalized spacial score (nSPS) is 30.9. The minimum absolute atomic E-state index is 0.0881. The van der Waals surface area contributed by atoms with Crippen molar-refractivity contribution in [2.75, 3.05) is 0 Å². The SMILES string of the molecule is N#Cc1cncc(OC2=C3C(C(=O)C=C2)[C@H](O)C(F)(F)[C@]3(O)F)c1. The molecular formula is C15H9F3N2O4. The number of allylic oxidation sites excluding steroid dienone is 2. The zero-order valence-electron chi connectivity index (χ0n) is 11.8. The zero-order valence-corrected chi connectivity index (χ0v) is 11.8. The number of alkyl halides is 3. The van der Waals surface area contributed by atoms with Crippen LogP contribution in [0.5, 0.6) is 5.75 Å². The van der Waals surface area contributed by atoms with Gasteiger partial charge in [0, 0.05) is 12.3 Å². The molecular weight excluding hydrogens is 329 g/mol. The van der Waals surface area contributed by atoms with Gasteiger partial charge in [-0.1, -0.05) is 0 Å². The van der Waals surface area contributed by atoms with Gasteiger partial charge in [-0.15, -0.1) is 0 Å². The Morgan fingerprint density at radius 1 is 1.29 bits per heavy atom. The van der Waals surface area contributed by atoms with Crippen LogP contribution >= 0.6 is 0 Å². The lowest BCUT2D eigenvalue weighted by Crippen LogP contribution is -2.46. The molecule has 1 heterocycles. The average molecular weight is 338 g/mol. The Kier molecular flexibility index (Phi) is 3.47. The van der Waals surface area contributed by atoms with E-state index >= 15 is 0 Å². The van der Waals surface area contributed by atoms with E-state index in [9.17, 15) is 28.2 Å². The second-order valence-corrected chi connectivity index (χ2v) is 5.30. The summed E-state index contributed by atoms with van der Waals surface area (Å²) in [6, 6.07) is 2.99. The van der Waals surface area contributed by atoms with Crippen LogP contribution in [0.1, 0.15) is 5.56 Å². The van der Waals surface area contributed by atoms with E-state index < -0.39 is 40.9 Å². The second-order valence-electron chi connectivity index (χ2n) is 5.30. The van der Waals surface area contributed by atoms with Gasteiger partial charge in [0.05, 0.1) is 23.3 Å². The summed E-state index contributed by atoms with van der Waals surface area (Å²) in [6.45, 7) is 0. The number of hydrogen-bond donors (Lipinski definition) is 2. The maximum Gasteiger partial charge on any atom is 0.335 e. The Morgan fingerprint density at radius 3 is 2.67 bits per heavy atom. The highest BCUT2D eigenvalue weighted by Gasteiger charge is 2.73. The molecule has 0 aromatic carbocycles. The maximum absolute atomic E-state index is 14.3. The van der Waals surface area contributed by atoms with Crippen molar-refractivity contribution in [2.24, 2.45) is 5.92 Å². The summed E-state index contributed by atoms with van der Waals surface area (Å²) >= 11 is 0. The molecule has 24 heavy (non-hydrogen) atoms. The Hall–Kier alpha value is -2.70. The summed E-state index contributed by atoms with van der Waals surface area (Å²) in [6.07, 6.45) is 1.36. The monoisotopic (exact) mass is 338 g/mol. The van der Waals surface area contributed by atoms with Crippen LogP contribution < -0.4 is 4.74 Å². The van der Waals surface area contributed by atoms with Crippen LogP contribution in [0, 0.1) is 17.2 Å². The smallest absolute Gasteiger partial charge is 0.335 e. The van der Waals surface area contributed by atoms with Crippen LogP contribution in [0.3, 0.4) is 0 Å². The van der Waals surface area contributed by atoms with Crippen molar-refractivity contribution in [1.29, 1.82) is 5.26 Å². The van der Waals surface area contributed by atoms with Gasteiger partial charge in [0.15, 0.2) is 5.78 Å². The summed E-state index contributed by atoms with van der Waals surface area (Å²) in [4.78, 5) is 15.4. The van der Waals surface area contributed by atoms with Crippen molar-refractivity contribution in [1.82, 2.24) is 4.98 Å². The number of nitriles is 1. The van der Waals surface area contributed by atoms with Crippen LogP contribution in [0.2, 0.25) is 0 Å². The number of carbonyl (C=O) groups excluding carboxylic acids is 1. The molecule has 2 aliphatic carbocycles. The van der Waals surface area contributed by atoms with Crippen LogP contribution in [-0.2, 0) is 4.79 Å². The minimum Gasteiger partial charge on any atom is -0.455 e. The molecule has 124 valence electrons. The van der Waals surface area contributed by atoms with E-state index in [4.69, 9.17) is 10.00 Å². The summed E-state index contributed by atoms with van der Waals surface area (Å²) < 4.78 is 47.2. The number of halogens is 3. The number of fused-ring (bicyclic) bond motifs is 1. The molecule has 1 aromatic heterocycles. The Morgan fingerprint density at radius 2 is 2.00 bits per heavy atom. The molecule has 9 heteroatoms. The van der Waals surface area contributed by atoms with Gasteiger partial charge >= 0.3 is 11.8 Å². The molecule has 1 saturated carbocycles. The topological polar surface area (TPSA) is 103 Å². The number of ketones is 1. The number of aliphatic hydroxyl groups excluding tert-OH is 1. The Labute approximate surface area is 133 Å². The summed E-state index contributed by atoms with van der Waals surface area (Å²) in [5.41, 5.74) is -0.965. The van der Waals surface area contributed by atoms with Gasteiger partial charge in [0.1, 0.15) is 23.7 Å². The number of aliphatic hydroxyl groups is 2. The predicted octanol–water partition coefficient (Wildman–Crippen LogP) is 1.01. The molecule has 0 radical (unpaired) electrons. The van der Waals surface area contributed by atoms with Crippen LogP contribution in [0.4, 0.5) is 13.2 Å². The molecule has 2 N–H and O–H groups in total. The highest BCUT2D eigenvalue weighted by Crippen LogP contribution is 2.54. The lowest BCUT2D eigenvalue weighted by Gasteiger charge is -2.24. The quantitative estimate of drug-likeness (QED) is 0.834. The first kappa shape index (κ1) is 16.2. The van der Waals surface area contributed by atoms with Gasteiger partial charge in [-0.3, -0.25) is 9.78 Å². The maximum atomic E-state index is 14.3. The average Bonchev–Trinajstić information content (AvgIpc) is 2.68. The van der Waals surface area contributed by atoms with Gasteiger partial charge in [-0.2, -0.15) is 14.0 Å². The van der Waals surface area contributed by atoms with Gasteiger partial charge in [-0.05, 0) is 12.2 Å². The van der Waals surface area contributed by atoms with E-state index in [1.165, 1.54) is 12.3 Å². The highest BCUT2D eigenvalue weighted by molar-refractivity contribution is 5.97. The molecule has 3 rings (SSSR count). The molecule has 0 amide bonds. The third-order valence-corrected chi connectivity index (χ3v) is 3.84. The molecule has 0 aliphatic heterocycles. The fourth-order valence-corrected chi connectivity index (χ4v) is 2.67. The number of rotatable bonds is 2. The van der Waals surface area contributed by atoms with Crippen molar-refractivity contribution in [2.45, 2.75) is 17.9 Å². The molecule has 2 aliphatic rings. The zero-order chi connectivity index (χ0) is 17.7. The molecule has 0 saturated heterocycles. The van der Waals surface area contributed by atoms with Gasteiger partial charge in [0.2, 0.25) is 0 Å². The van der Waals surface area contributed by atoms with E-state index in [0.29, 0.717) is 0 Å². The van der Waals surface area contributed by atoms with Crippen molar-refractivity contribution in [3.8, 4) is 11.8 Å². The summed E-state index contributed by atoms with van der Waals surface area (Å²) in [5, 5.41) is 28.0. The van der Waals surface area contributed by atoms with Crippen LogP contribution in [0.25, 0.3) is 0 Å². The van der Waals surface area contributed by atoms with Crippen molar-refractivity contribution >= 4 is 5.78 Å². The fraction of sp³-hybridized carbons (Fsp3) is 0.267. The third-order valence-electron chi connectivity index (χ3n) is 3.84. The Bertz CT molecular complexity index is 826. The highest BCUT2D eigenvalue weighted by atomic mass is 19.3. The largest absolute Gasteiger partial charge is 0.455 e. The lowest BCUT2D eigenvalue weighted by molar-refractivity contribution is -0.244. The molecule has 3 atom stereocenters. The summed E-state index contributed by atoms with van der Waals surface area (Å²) in [5.74, 6) is -12.4. The fourth-order valence-electron chi connectivity index (χ4n) is 2.67. The molecule has 6 nitrogen and oxygen atoms in total. The van der Waals surface area contributed by atoms with Crippen molar-refractivity contribution < 1.29 is 32.9 Å². The number of pyridine rings is 1. The first-order valence-electron chi connectivity index (χ1n) is 6.67. The number of ether oxygens (including phenoxy) is 1. The van der Waals surface area contributed by atoms with E-state index in [1.54, 1.807) is 6.07 Å². The number of aromatic nitrogens is 1.